The van der Waals surface area contributed by atoms with Gasteiger partial charge in [0.2, 0.25) is 5.91 Å². The first-order valence-electron chi connectivity index (χ1n) is 3.99. The summed E-state index contributed by atoms with van der Waals surface area (Å²) in [5, 5.41) is 2.77. The van der Waals surface area contributed by atoms with Crippen molar-refractivity contribution in [3.8, 4) is 0 Å². The largest absolute Gasteiger partial charge is 0.326 e. The number of alkyl halides is 1. The molecular weight excluding hydrogens is 232 g/mol. The van der Waals surface area contributed by atoms with Crippen molar-refractivity contribution >= 4 is 27.5 Å². The highest BCUT2D eigenvalue weighted by Gasteiger charge is 2.17. The molecule has 1 amide bonds. The lowest BCUT2D eigenvalue weighted by Gasteiger charge is -2.05. The third-order valence-corrected chi connectivity index (χ3v) is 2.60. The maximum Gasteiger partial charge on any atom is 0.228 e. The maximum absolute atomic E-state index is 11.0. The van der Waals surface area contributed by atoms with Crippen molar-refractivity contribution in [1.82, 2.24) is 0 Å². The third kappa shape index (κ3) is 1.59. The normalized spacial score (nSPS) is 16.6. The van der Waals surface area contributed by atoms with Crippen LogP contribution in [0.1, 0.15) is 16.1 Å². The molecule has 1 heterocycles. The van der Waals surface area contributed by atoms with Gasteiger partial charge in [0, 0.05) is 5.69 Å². The number of amides is 1. The first-order valence-corrected chi connectivity index (χ1v) is 4.91. The number of carbonyl (C=O) groups is 1. The Bertz CT molecular complexity index is 363. The number of hydrogen-bond donors (Lipinski definition) is 2. The van der Waals surface area contributed by atoms with Crippen LogP contribution in [0.4, 0.5) is 5.69 Å². The number of hydrogen-bond acceptors (Lipinski definition) is 2. The Morgan fingerprint density at radius 1 is 1.54 bits per heavy atom. The lowest BCUT2D eigenvalue weighted by atomic mass is 10.1. The molecule has 0 saturated carbocycles. The molecule has 1 aromatic rings. The van der Waals surface area contributed by atoms with Crippen LogP contribution in [0.5, 0.6) is 0 Å². The summed E-state index contributed by atoms with van der Waals surface area (Å²) < 4.78 is 0. The molecule has 0 fully saturated rings. The summed E-state index contributed by atoms with van der Waals surface area (Å²) in [4.78, 5) is 10.9. The fourth-order valence-electron chi connectivity index (χ4n) is 1.42. The number of carbonyl (C=O) groups excluding carboxylic acids is 1. The fraction of sp³-hybridized carbons (Fsp3) is 0.222. The van der Waals surface area contributed by atoms with Crippen LogP contribution in [0.3, 0.4) is 0 Å². The van der Waals surface area contributed by atoms with Gasteiger partial charge in [-0.1, -0.05) is 28.1 Å². The molecule has 68 valence electrons. The number of benzene rings is 1. The molecule has 1 unspecified atom stereocenters. The Hall–Kier alpha value is -0.870. The Morgan fingerprint density at radius 3 is 3.00 bits per heavy atom. The van der Waals surface area contributed by atoms with Gasteiger partial charge >= 0.3 is 0 Å². The number of anilines is 1. The number of nitrogens with one attached hydrogen (secondary N) is 1. The molecule has 1 atom stereocenters. The lowest BCUT2D eigenvalue weighted by Crippen LogP contribution is -2.03. The molecular formula is C9H9BrN2O. The van der Waals surface area contributed by atoms with Gasteiger partial charge in [-0.3, -0.25) is 4.79 Å². The first kappa shape index (κ1) is 8.72. The van der Waals surface area contributed by atoms with E-state index in [1.54, 1.807) is 0 Å². The van der Waals surface area contributed by atoms with E-state index in [0.717, 1.165) is 16.8 Å². The topological polar surface area (TPSA) is 55.1 Å². The van der Waals surface area contributed by atoms with Gasteiger partial charge < -0.3 is 11.1 Å². The summed E-state index contributed by atoms with van der Waals surface area (Å²) in [5.41, 5.74) is 8.58. The summed E-state index contributed by atoms with van der Waals surface area (Å²) in [6.07, 6.45) is 0.461. The Labute approximate surface area is 84.4 Å². The molecule has 0 aromatic heterocycles. The summed E-state index contributed by atoms with van der Waals surface area (Å²) in [5.74, 6) is 0.0512. The predicted molar refractivity (Wildman–Crippen MR) is 54.6 cm³/mol. The van der Waals surface area contributed by atoms with Gasteiger partial charge in [-0.15, -0.1) is 0 Å². The van der Waals surface area contributed by atoms with Crippen molar-refractivity contribution in [2.75, 3.05) is 5.32 Å². The van der Waals surface area contributed by atoms with Gasteiger partial charge in [0.25, 0.3) is 0 Å². The van der Waals surface area contributed by atoms with Crippen molar-refractivity contribution in [1.29, 1.82) is 0 Å². The first-order chi connectivity index (χ1) is 6.16. The van der Waals surface area contributed by atoms with E-state index in [4.69, 9.17) is 5.73 Å². The molecule has 0 bridgehead atoms. The SMILES string of the molecule is NC(Br)c1ccc2c(c1)CC(=O)N2. The predicted octanol–water partition coefficient (Wildman–Crippen LogP) is 1.53. The minimum absolute atomic E-state index is 0.0512. The summed E-state index contributed by atoms with van der Waals surface area (Å²) >= 11 is 3.28. The van der Waals surface area contributed by atoms with E-state index >= 15 is 0 Å². The second-order valence-corrected chi connectivity index (χ2v) is 4.03. The molecule has 0 saturated heterocycles. The Morgan fingerprint density at radius 2 is 2.31 bits per heavy atom. The molecule has 13 heavy (non-hydrogen) atoms. The summed E-state index contributed by atoms with van der Waals surface area (Å²) in [6, 6.07) is 5.74. The van der Waals surface area contributed by atoms with E-state index in [9.17, 15) is 4.79 Å². The Kier molecular flexibility index (Phi) is 2.09. The fourth-order valence-corrected chi connectivity index (χ4v) is 1.71. The average Bonchev–Trinajstić information content (AvgIpc) is 2.42. The minimum atomic E-state index is -0.159. The van der Waals surface area contributed by atoms with Gasteiger partial charge in [0.1, 0.15) is 0 Å². The van der Waals surface area contributed by atoms with Crippen LogP contribution in [0.2, 0.25) is 0 Å². The van der Waals surface area contributed by atoms with E-state index in [1.165, 1.54) is 0 Å². The van der Waals surface area contributed by atoms with Gasteiger partial charge in [-0.2, -0.15) is 0 Å². The van der Waals surface area contributed by atoms with Crippen molar-refractivity contribution in [2.45, 2.75) is 11.4 Å². The van der Waals surface area contributed by atoms with Crippen LogP contribution < -0.4 is 11.1 Å². The quantitative estimate of drug-likeness (QED) is 0.578. The molecule has 0 spiro atoms. The molecule has 0 radical (unpaired) electrons. The number of nitrogens with two attached hydrogens (primary N) is 1. The van der Waals surface area contributed by atoms with Crippen LogP contribution >= 0.6 is 15.9 Å². The highest BCUT2D eigenvalue weighted by atomic mass is 79.9. The van der Waals surface area contributed by atoms with Crippen LogP contribution in [0.15, 0.2) is 18.2 Å². The highest BCUT2D eigenvalue weighted by Crippen LogP contribution is 2.27. The van der Waals surface area contributed by atoms with Crippen LogP contribution in [0.25, 0.3) is 0 Å². The molecule has 2 rings (SSSR count). The molecule has 3 N–H and O–H groups in total. The minimum Gasteiger partial charge on any atom is -0.326 e. The van der Waals surface area contributed by atoms with E-state index in [2.05, 4.69) is 21.2 Å². The van der Waals surface area contributed by atoms with Crippen molar-refractivity contribution in [2.24, 2.45) is 5.73 Å². The molecule has 1 aromatic carbocycles. The molecule has 3 nitrogen and oxygen atoms in total. The van der Waals surface area contributed by atoms with Crippen LogP contribution in [0, 0.1) is 0 Å². The zero-order valence-corrected chi connectivity index (χ0v) is 8.47. The van der Waals surface area contributed by atoms with Crippen molar-refractivity contribution < 1.29 is 4.79 Å². The number of halogens is 1. The number of rotatable bonds is 1. The van der Waals surface area contributed by atoms with E-state index in [1.807, 2.05) is 18.2 Å². The molecule has 4 heteroatoms. The van der Waals surface area contributed by atoms with Crippen molar-refractivity contribution in [3.05, 3.63) is 29.3 Å². The van der Waals surface area contributed by atoms with Gasteiger partial charge in [-0.25, -0.2) is 0 Å². The third-order valence-electron chi connectivity index (χ3n) is 2.07. The monoisotopic (exact) mass is 240 g/mol. The maximum atomic E-state index is 11.0. The second-order valence-electron chi connectivity index (χ2n) is 3.04. The van der Waals surface area contributed by atoms with Gasteiger partial charge in [0.05, 0.1) is 11.4 Å². The van der Waals surface area contributed by atoms with E-state index in [-0.39, 0.29) is 10.9 Å². The van der Waals surface area contributed by atoms with E-state index in [0.29, 0.717) is 6.42 Å². The lowest BCUT2D eigenvalue weighted by molar-refractivity contribution is -0.115. The molecule has 0 aliphatic carbocycles. The Balaban J connectivity index is 2.40. The van der Waals surface area contributed by atoms with E-state index < -0.39 is 0 Å². The zero-order chi connectivity index (χ0) is 9.42. The smallest absolute Gasteiger partial charge is 0.228 e. The van der Waals surface area contributed by atoms with Gasteiger partial charge in [-0.05, 0) is 17.2 Å². The average molecular weight is 241 g/mol. The molecule has 1 aliphatic heterocycles. The van der Waals surface area contributed by atoms with Gasteiger partial charge in [0.15, 0.2) is 0 Å². The van der Waals surface area contributed by atoms with Crippen LogP contribution in [-0.2, 0) is 11.2 Å². The second kappa shape index (κ2) is 3.12. The highest BCUT2D eigenvalue weighted by molar-refractivity contribution is 9.09. The zero-order valence-electron chi connectivity index (χ0n) is 6.88. The standard InChI is InChI=1S/C9H9BrN2O/c10-9(11)5-1-2-7-6(3-5)4-8(13)12-7/h1-3,9H,4,11H2,(H,12,13). The summed E-state index contributed by atoms with van der Waals surface area (Å²) in [6.45, 7) is 0. The molecule has 1 aliphatic rings. The number of fused-ring (bicyclic) bond motifs is 1. The van der Waals surface area contributed by atoms with Crippen molar-refractivity contribution in [3.63, 3.8) is 0 Å². The van der Waals surface area contributed by atoms with Crippen LogP contribution in [-0.4, -0.2) is 5.91 Å². The summed E-state index contributed by atoms with van der Waals surface area (Å²) in [7, 11) is 0.